The summed E-state index contributed by atoms with van der Waals surface area (Å²) < 4.78 is 6.63. The van der Waals surface area contributed by atoms with E-state index in [-0.39, 0.29) is 0 Å². The van der Waals surface area contributed by atoms with E-state index in [0.717, 1.165) is 12.3 Å². The van der Waals surface area contributed by atoms with E-state index in [2.05, 4.69) is 81.4 Å². The van der Waals surface area contributed by atoms with Crippen LogP contribution in [0.3, 0.4) is 0 Å². The zero-order chi connectivity index (χ0) is 17.6. The molecule has 25 heavy (non-hydrogen) atoms. The smallest absolute Gasteiger partial charge is 0.0746 e. The molecule has 0 bridgehead atoms. The lowest BCUT2D eigenvalue weighted by Gasteiger charge is -2.38. The Bertz CT molecular complexity index is 586. The Morgan fingerprint density at radius 3 is 2.00 bits per heavy atom. The van der Waals surface area contributed by atoms with Gasteiger partial charge in [-0.2, -0.15) is 0 Å². The first-order valence-corrected chi connectivity index (χ1v) is 11.2. The van der Waals surface area contributed by atoms with Crippen LogP contribution < -0.4 is 10.6 Å². The Labute approximate surface area is 154 Å². The van der Waals surface area contributed by atoms with Gasteiger partial charge in [-0.15, -0.1) is 0 Å². The van der Waals surface area contributed by atoms with Gasteiger partial charge < -0.3 is 4.74 Å². The zero-order valence-corrected chi connectivity index (χ0v) is 16.7. The summed E-state index contributed by atoms with van der Waals surface area (Å²) in [5.74, 6) is 2.21. The van der Waals surface area contributed by atoms with Gasteiger partial charge in [-0.25, -0.2) is 0 Å². The number of hydrogen-bond acceptors (Lipinski definition) is 1. The molecule has 3 atom stereocenters. The second-order valence-corrected chi connectivity index (χ2v) is 9.91. The monoisotopic (exact) mass is 354 g/mol. The third-order valence-electron chi connectivity index (χ3n) is 5.51. The van der Waals surface area contributed by atoms with Gasteiger partial charge >= 0.3 is 0 Å². The van der Waals surface area contributed by atoms with Crippen LogP contribution in [0.25, 0.3) is 0 Å². The normalized spacial score (nSPS) is 24.0. The predicted molar refractivity (Wildman–Crippen MR) is 110 cm³/mol. The molecule has 1 nitrogen and oxygen atoms in total. The minimum absolute atomic E-state index is 0.418. The molecule has 0 aliphatic heterocycles. The van der Waals surface area contributed by atoms with Gasteiger partial charge in [0.05, 0.1) is 12.5 Å². The first-order valence-electron chi connectivity index (χ1n) is 9.64. The average Bonchev–Trinajstić information content (AvgIpc) is 2.63. The maximum Gasteiger partial charge on any atom is 0.0746 e. The second kappa shape index (κ2) is 8.97. The van der Waals surface area contributed by atoms with Gasteiger partial charge in [0.2, 0.25) is 0 Å². The Kier molecular flexibility index (Phi) is 6.68. The van der Waals surface area contributed by atoms with Gasteiger partial charge in [-0.3, -0.25) is 0 Å². The molecular weight excluding hydrogens is 323 g/mol. The molecule has 1 saturated carbocycles. The van der Waals surface area contributed by atoms with Crippen molar-refractivity contribution in [3.05, 3.63) is 60.7 Å². The van der Waals surface area contributed by atoms with Crippen LogP contribution >= 0.6 is 7.92 Å². The molecule has 1 aliphatic carbocycles. The molecule has 3 rings (SSSR count). The standard InChI is InChI=1S/C23H31OP/c1-18(2)22-15-14-19(3)16-23(22)24-17-25(20-10-6-4-7-11-20)21-12-8-5-9-13-21/h4-13,18-19,22-23H,14-17H2,1-3H3/t19-,22+,23-/m1/s1. The summed E-state index contributed by atoms with van der Waals surface area (Å²) in [6.07, 6.45) is 5.15. The van der Waals surface area contributed by atoms with Crippen molar-refractivity contribution in [1.29, 1.82) is 0 Å². The van der Waals surface area contributed by atoms with Crippen LogP contribution in [-0.4, -0.2) is 12.5 Å². The zero-order valence-electron chi connectivity index (χ0n) is 15.8. The highest BCUT2D eigenvalue weighted by Crippen LogP contribution is 2.39. The number of benzene rings is 2. The van der Waals surface area contributed by atoms with Crippen LogP contribution in [0.5, 0.6) is 0 Å². The van der Waals surface area contributed by atoms with Crippen LogP contribution in [0, 0.1) is 17.8 Å². The van der Waals surface area contributed by atoms with E-state index in [1.807, 2.05) is 0 Å². The second-order valence-electron chi connectivity index (χ2n) is 7.76. The lowest BCUT2D eigenvalue weighted by Crippen LogP contribution is -2.35. The van der Waals surface area contributed by atoms with Crippen molar-refractivity contribution < 1.29 is 4.74 Å². The van der Waals surface area contributed by atoms with Crippen LogP contribution in [0.1, 0.15) is 40.0 Å². The van der Waals surface area contributed by atoms with Gasteiger partial charge in [0.15, 0.2) is 0 Å². The lowest BCUT2D eigenvalue weighted by atomic mass is 9.75. The molecule has 0 aromatic heterocycles. The predicted octanol–water partition coefficient (Wildman–Crippen LogP) is 5.55. The highest BCUT2D eigenvalue weighted by molar-refractivity contribution is 7.72. The largest absolute Gasteiger partial charge is 0.373 e. The highest BCUT2D eigenvalue weighted by Gasteiger charge is 2.32. The molecule has 0 amide bonds. The molecule has 1 fully saturated rings. The first-order chi connectivity index (χ1) is 12.1. The fraction of sp³-hybridized carbons (Fsp3) is 0.478. The Balaban J connectivity index is 1.76. The van der Waals surface area contributed by atoms with Crippen LogP contribution in [0.15, 0.2) is 60.7 Å². The van der Waals surface area contributed by atoms with E-state index >= 15 is 0 Å². The molecule has 2 aromatic rings. The summed E-state index contributed by atoms with van der Waals surface area (Å²) in [7, 11) is -0.451. The van der Waals surface area contributed by atoms with Gasteiger partial charge in [-0.1, -0.05) is 87.9 Å². The summed E-state index contributed by atoms with van der Waals surface area (Å²) in [6, 6.07) is 21.8. The molecule has 0 heterocycles. The number of hydrogen-bond donors (Lipinski definition) is 0. The van der Waals surface area contributed by atoms with Crippen molar-refractivity contribution in [1.82, 2.24) is 0 Å². The van der Waals surface area contributed by atoms with Crippen LogP contribution in [0.4, 0.5) is 0 Å². The maximum atomic E-state index is 6.63. The van der Waals surface area contributed by atoms with Crippen molar-refractivity contribution in [3.63, 3.8) is 0 Å². The van der Waals surface area contributed by atoms with Gasteiger partial charge in [0.25, 0.3) is 0 Å². The van der Waals surface area contributed by atoms with Crippen LogP contribution in [-0.2, 0) is 4.74 Å². The quantitative estimate of drug-likeness (QED) is 0.618. The van der Waals surface area contributed by atoms with E-state index in [1.54, 1.807) is 0 Å². The molecule has 0 N–H and O–H groups in total. The molecule has 0 saturated heterocycles. The summed E-state index contributed by atoms with van der Waals surface area (Å²) in [5, 5.41) is 2.82. The molecular formula is C23H31OP. The molecule has 2 aromatic carbocycles. The summed E-state index contributed by atoms with van der Waals surface area (Å²) >= 11 is 0. The number of ether oxygens (including phenoxy) is 1. The third-order valence-corrected chi connectivity index (χ3v) is 7.77. The fourth-order valence-corrected chi connectivity index (χ4v) is 5.99. The Morgan fingerprint density at radius 1 is 0.920 bits per heavy atom. The Morgan fingerprint density at radius 2 is 1.48 bits per heavy atom. The molecule has 0 spiro atoms. The highest BCUT2D eigenvalue weighted by atomic mass is 31.1. The summed E-state index contributed by atoms with van der Waals surface area (Å²) in [4.78, 5) is 0. The van der Waals surface area contributed by atoms with Crippen LogP contribution in [0.2, 0.25) is 0 Å². The maximum absolute atomic E-state index is 6.63. The molecule has 2 heteroatoms. The van der Waals surface area contributed by atoms with Gasteiger partial charge in [0, 0.05) is 0 Å². The molecule has 134 valence electrons. The lowest BCUT2D eigenvalue weighted by molar-refractivity contribution is -0.0180. The minimum atomic E-state index is -0.451. The van der Waals surface area contributed by atoms with Crippen molar-refractivity contribution in [2.24, 2.45) is 17.8 Å². The first kappa shape index (κ1) is 18.6. The third kappa shape index (κ3) is 4.93. The topological polar surface area (TPSA) is 9.23 Å². The van der Waals surface area contributed by atoms with E-state index in [9.17, 15) is 0 Å². The fourth-order valence-electron chi connectivity index (χ4n) is 3.99. The van der Waals surface area contributed by atoms with Gasteiger partial charge in [0.1, 0.15) is 0 Å². The van der Waals surface area contributed by atoms with Crippen molar-refractivity contribution in [2.75, 3.05) is 6.35 Å². The molecule has 0 radical (unpaired) electrons. The van der Waals surface area contributed by atoms with Crippen molar-refractivity contribution in [3.8, 4) is 0 Å². The summed E-state index contributed by atoms with van der Waals surface area (Å²) in [6.45, 7) is 7.09. The van der Waals surface area contributed by atoms with E-state index in [4.69, 9.17) is 4.74 Å². The van der Waals surface area contributed by atoms with E-state index < -0.39 is 7.92 Å². The summed E-state index contributed by atoms with van der Waals surface area (Å²) in [5.41, 5.74) is 0. The minimum Gasteiger partial charge on any atom is -0.373 e. The van der Waals surface area contributed by atoms with E-state index in [0.29, 0.717) is 17.9 Å². The number of rotatable bonds is 6. The SMILES string of the molecule is CC(C)[C@@H]1CC[C@@H](C)C[C@H]1OCP(c1ccccc1)c1ccccc1. The molecule has 1 aliphatic rings. The molecule has 0 unspecified atom stereocenters. The van der Waals surface area contributed by atoms with Crippen molar-refractivity contribution in [2.45, 2.75) is 46.1 Å². The average molecular weight is 354 g/mol. The Hall–Kier alpha value is -1.17. The van der Waals surface area contributed by atoms with Gasteiger partial charge in [-0.05, 0) is 49.1 Å². The van der Waals surface area contributed by atoms with E-state index in [1.165, 1.54) is 29.9 Å². The van der Waals surface area contributed by atoms with Crippen molar-refractivity contribution >= 4 is 18.5 Å².